The summed E-state index contributed by atoms with van der Waals surface area (Å²) in [5.74, 6) is 0.570. The van der Waals surface area contributed by atoms with Gasteiger partial charge in [-0.1, -0.05) is 37.6 Å². The van der Waals surface area contributed by atoms with Crippen LogP contribution in [0, 0.1) is 6.92 Å². The van der Waals surface area contributed by atoms with Crippen LogP contribution < -0.4 is 9.80 Å². The van der Waals surface area contributed by atoms with Crippen LogP contribution >= 0.6 is 11.6 Å². The number of nitrogens with zero attached hydrogens (tertiary/aromatic N) is 1. The Bertz CT molecular complexity index is 792. The molecule has 0 aromatic heterocycles. The highest BCUT2D eigenvalue weighted by Gasteiger charge is 2.20. The summed E-state index contributed by atoms with van der Waals surface area (Å²) in [5, 5.41) is 11.2. The van der Waals surface area contributed by atoms with Crippen molar-refractivity contribution in [2.45, 2.75) is 40.2 Å². The molecule has 0 aliphatic rings. The number of carbonyl (C=O) groups excluding carboxylic acids is 1. The van der Waals surface area contributed by atoms with E-state index >= 15 is 0 Å². The molecule has 0 aliphatic heterocycles. The smallest absolute Gasteiger partial charge is 0.438 e. The molecular formula is C20H24ClNO4. The Kier molecular flexibility index (Phi) is 6.89. The first-order valence-corrected chi connectivity index (χ1v) is 8.90. The fraction of sp³-hybridized carbons (Fsp3) is 0.350. The Hall–Kier alpha value is -2.24. The number of aryl methyl sites for hydroxylation is 3. The zero-order chi connectivity index (χ0) is 19.3. The van der Waals surface area contributed by atoms with Gasteiger partial charge in [0, 0.05) is 5.56 Å². The summed E-state index contributed by atoms with van der Waals surface area (Å²) in [6.07, 6.45) is 0.761. The molecule has 5 nitrogen and oxygen atoms in total. The zero-order valence-corrected chi connectivity index (χ0v) is 16.3. The molecule has 6 heteroatoms. The molecule has 0 aliphatic carbocycles. The standard InChI is InChI=1S/C20H24ClNO4/c1-5-14-8-7-9-18(22(24)20(23)25-4)16(14)12-26-19-10-13(3)15(6-2)11-17(19)21/h7-11,24H,5-6,12H2,1-4H3. The molecule has 0 radical (unpaired) electrons. The Morgan fingerprint density at radius 2 is 1.88 bits per heavy atom. The fourth-order valence-corrected chi connectivity index (χ4v) is 3.08. The molecule has 2 aromatic carbocycles. The Labute approximate surface area is 159 Å². The summed E-state index contributed by atoms with van der Waals surface area (Å²) in [5.41, 5.74) is 4.27. The van der Waals surface area contributed by atoms with Crippen LogP contribution in [0.2, 0.25) is 5.02 Å². The van der Waals surface area contributed by atoms with E-state index in [0.29, 0.717) is 27.1 Å². The highest BCUT2D eigenvalue weighted by molar-refractivity contribution is 6.32. The number of halogens is 1. The maximum atomic E-state index is 11.7. The van der Waals surface area contributed by atoms with Gasteiger partial charge in [-0.05, 0) is 54.7 Å². The predicted octanol–water partition coefficient (Wildman–Crippen LogP) is 5.31. The fourth-order valence-electron chi connectivity index (χ4n) is 2.84. The lowest BCUT2D eigenvalue weighted by molar-refractivity contribution is 0.140. The maximum absolute atomic E-state index is 11.7. The van der Waals surface area contributed by atoms with Gasteiger partial charge in [-0.3, -0.25) is 5.21 Å². The molecule has 0 unspecified atom stereocenters. The van der Waals surface area contributed by atoms with Gasteiger partial charge in [-0.2, -0.15) is 5.06 Å². The molecule has 0 bridgehead atoms. The molecule has 0 saturated heterocycles. The van der Waals surface area contributed by atoms with Gasteiger partial charge in [-0.15, -0.1) is 0 Å². The lowest BCUT2D eigenvalue weighted by atomic mass is 10.0. The minimum atomic E-state index is -0.860. The van der Waals surface area contributed by atoms with E-state index in [1.54, 1.807) is 12.1 Å². The minimum absolute atomic E-state index is 0.165. The summed E-state index contributed by atoms with van der Waals surface area (Å²) in [6, 6.07) is 9.16. The summed E-state index contributed by atoms with van der Waals surface area (Å²) in [4.78, 5) is 11.7. The Balaban J connectivity index is 2.34. The molecular weight excluding hydrogens is 354 g/mol. The molecule has 0 atom stereocenters. The molecule has 140 valence electrons. The van der Waals surface area contributed by atoms with Crippen molar-refractivity contribution in [3.63, 3.8) is 0 Å². The largest absolute Gasteiger partial charge is 0.487 e. The Morgan fingerprint density at radius 1 is 1.19 bits per heavy atom. The van der Waals surface area contributed by atoms with Crippen molar-refractivity contribution in [2.75, 3.05) is 12.2 Å². The first-order valence-electron chi connectivity index (χ1n) is 8.52. The predicted molar refractivity (Wildman–Crippen MR) is 102 cm³/mol. The third-order valence-electron chi connectivity index (χ3n) is 4.35. The van der Waals surface area contributed by atoms with Crippen LogP contribution in [0.15, 0.2) is 30.3 Å². The van der Waals surface area contributed by atoms with E-state index in [0.717, 1.165) is 24.0 Å². The van der Waals surface area contributed by atoms with Crippen molar-refractivity contribution in [3.8, 4) is 5.75 Å². The maximum Gasteiger partial charge on any atom is 0.438 e. The van der Waals surface area contributed by atoms with E-state index in [4.69, 9.17) is 16.3 Å². The number of methoxy groups -OCH3 is 1. The number of anilines is 1. The van der Waals surface area contributed by atoms with Crippen molar-refractivity contribution < 1.29 is 19.5 Å². The van der Waals surface area contributed by atoms with Gasteiger partial charge < -0.3 is 9.47 Å². The second-order valence-corrected chi connectivity index (χ2v) is 6.31. The lowest BCUT2D eigenvalue weighted by Gasteiger charge is -2.20. The minimum Gasteiger partial charge on any atom is -0.487 e. The third-order valence-corrected chi connectivity index (χ3v) is 4.64. The van der Waals surface area contributed by atoms with Crippen LogP contribution in [0.3, 0.4) is 0 Å². The second kappa shape index (κ2) is 8.92. The number of hydroxylamine groups is 1. The average molecular weight is 378 g/mol. The first-order chi connectivity index (χ1) is 12.4. The van der Waals surface area contributed by atoms with Gasteiger partial charge in [0.05, 0.1) is 17.8 Å². The van der Waals surface area contributed by atoms with Gasteiger partial charge in [0.2, 0.25) is 0 Å². The van der Waals surface area contributed by atoms with E-state index < -0.39 is 6.09 Å². The van der Waals surface area contributed by atoms with E-state index in [1.807, 2.05) is 32.0 Å². The number of carbonyl (C=O) groups is 1. The zero-order valence-electron chi connectivity index (χ0n) is 15.5. The molecule has 0 fully saturated rings. The summed E-state index contributed by atoms with van der Waals surface area (Å²) in [6.45, 7) is 6.25. The van der Waals surface area contributed by atoms with E-state index in [2.05, 4.69) is 11.7 Å². The van der Waals surface area contributed by atoms with Crippen LogP contribution in [0.5, 0.6) is 5.75 Å². The summed E-state index contributed by atoms with van der Waals surface area (Å²) >= 11 is 6.34. The molecule has 1 N–H and O–H groups in total. The van der Waals surface area contributed by atoms with Gasteiger partial charge in [0.1, 0.15) is 12.4 Å². The average Bonchev–Trinajstić information content (AvgIpc) is 2.66. The molecule has 26 heavy (non-hydrogen) atoms. The molecule has 1 amide bonds. The van der Waals surface area contributed by atoms with Crippen molar-refractivity contribution >= 4 is 23.4 Å². The monoisotopic (exact) mass is 377 g/mol. The summed E-state index contributed by atoms with van der Waals surface area (Å²) < 4.78 is 10.5. The van der Waals surface area contributed by atoms with Gasteiger partial charge >= 0.3 is 6.09 Å². The first kappa shape index (κ1) is 20.1. The third kappa shape index (κ3) is 4.29. The summed E-state index contributed by atoms with van der Waals surface area (Å²) in [7, 11) is 1.21. The van der Waals surface area contributed by atoms with E-state index in [1.165, 1.54) is 12.7 Å². The quantitative estimate of drug-likeness (QED) is 0.547. The van der Waals surface area contributed by atoms with Crippen LogP contribution in [-0.4, -0.2) is 18.4 Å². The van der Waals surface area contributed by atoms with Crippen LogP contribution in [0.1, 0.15) is 36.1 Å². The van der Waals surface area contributed by atoms with E-state index in [9.17, 15) is 10.0 Å². The number of amides is 1. The normalized spacial score (nSPS) is 10.5. The number of hydrogen-bond donors (Lipinski definition) is 1. The second-order valence-electron chi connectivity index (χ2n) is 5.90. The van der Waals surface area contributed by atoms with Crippen molar-refractivity contribution in [1.82, 2.24) is 0 Å². The molecule has 0 heterocycles. The van der Waals surface area contributed by atoms with E-state index in [-0.39, 0.29) is 6.61 Å². The highest BCUT2D eigenvalue weighted by Crippen LogP contribution is 2.31. The highest BCUT2D eigenvalue weighted by atomic mass is 35.5. The van der Waals surface area contributed by atoms with Gasteiger partial charge in [-0.25, -0.2) is 4.79 Å². The lowest BCUT2D eigenvalue weighted by Crippen LogP contribution is -2.28. The van der Waals surface area contributed by atoms with Gasteiger partial charge in [0.15, 0.2) is 0 Å². The van der Waals surface area contributed by atoms with Crippen LogP contribution in [0.25, 0.3) is 0 Å². The SMILES string of the molecule is CCc1cc(Cl)c(OCc2c(CC)cccc2N(O)C(=O)OC)cc1C. The van der Waals surface area contributed by atoms with Crippen molar-refractivity contribution in [3.05, 3.63) is 57.6 Å². The number of hydrogen-bond acceptors (Lipinski definition) is 4. The van der Waals surface area contributed by atoms with Crippen molar-refractivity contribution in [1.29, 1.82) is 0 Å². The molecule has 2 aromatic rings. The molecule has 2 rings (SSSR count). The number of benzene rings is 2. The van der Waals surface area contributed by atoms with Crippen LogP contribution in [0.4, 0.5) is 10.5 Å². The molecule has 0 saturated carbocycles. The Morgan fingerprint density at radius 3 is 2.50 bits per heavy atom. The number of rotatable bonds is 6. The van der Waals surface area contributed by atoms with Crippen molar-refractivity contribution in [2.24, 2.45) is 0 Å². The number of ether oxygens (including phenoxy) is 2. The van der Waals surface area contributed by atoms with Crippen LogP contribution in [-0.2, 0) is 24.2 Å². The topological polar surface area (TPSA) is 59.0 Å². The van der Waals surface area contributed by atoms with Gasteiger partial charge in [0.25, 0.3) is 0 Å². The molecule has 0 spiro atoms.